The van der Waals surface area contributed by atoms with Crippen LogP contribution in [0.15, 0.2) is 42.5 Å². The first kappa shape index (κ1) is 23.6. The number of hydrogen-bond acceptors (Lipinski definition) is 6. The third-order valence-electron chi connectivity index (χ3n) is 3.83. The predicted molar refractivity (Wildman–Crippen MR) is 114 cm³/mol. The van der Waals surface area contributed by atoms with Gasteiger partial charge in [0.05, 0.1) is 21.2 Å². The average molecular weight is 449 g/mol. The number of amides is 3. The molecule has 31 heavy (non-hydrogen) atoms. The van der Waals surface area contributed by atoms with Crippen molar-refractivity contribution < 1.29 is 24.0 Å². The first-order valence-corrected chi connectivity index (χ1v) is 9.57. The topological polar surface area (TPSA) is 140 Å². The molecule has 164 valence electrons. The Morgan fingerprint density at radius 1 is 1.13 bits per heavy atom. The summed E-state index contributed by atoms with van der Waals surface area (Å²) in [6, 6.07) is 9.65. The molecule has 10 nitrogen and oxygen atoms in total. The molecule has 3 amide bonds. The Balaban J connectivity index is 1.83. The van der Waals surface area contributed by atoms with Crippen molar-refractivity contribution in [2.24, 2.45) is 0 Å². The highest BCUT2D eigenvalue weighted by atomic mass is 35.5. The van der Waals surface area contributed by atoms with Crippen LogP contribution in [0.3, 0.4) is 0 Å². The van der Waals surface area contributed by atoms with E-state index < -0.39 is 23.4 Å². The molecule has 0 aliphatic rings. The van der Waals surface area contributed by atoms with E-state index in [1.165, 1.54) is 24.3 Å². The Bertz CT molecular complexity index is 978. The van der Waals surface area contributed by atoms with Crippen molar-refractivity contribution >= 4 is 40.9 Å². The van der Waals surface area contributed by atoms with Crippen molar-refractivity contribution in [1.82, 2.24) is 10.6 Å². The fraction of sp³-hybridized carbons (Fsp3) is 0.250. The molecule has 0 spiro atoms. The number of hydrogen-bond donors (Lipinski definition) is 3. The third kappa shape index (κ3) is 7.59. The summed E-state index contributed by atoms with van der Waals surface area (Å²) in [5.74, 6) is -1.36. The second kappa shape index (κ2) is 10.9. The molecule has 0 radical (unpaired) electrons. The van der Waals surface area contributed by atoms with E-state index in [4.69, 9.17) is 16.3 Å². The van der Waals surface area contributed by atoms with E-state index in [2.05, 4.69) is 16.0 Å². The van der Waals surface area contributed by atoms with Crippen LogP contribution in [0.1, 0.15) is 29.8 Å². The monoisotopic (exact) mass is 448 g/mol. The van der Waals surface area contributed by atoms with Gasteiger partial charge in [-0.05, 0) is 37.6 Å². The molecule has 2 aromatic carbocycles. The van der Waals surface area contributed by atoms with E-state index >= 15 is 0 Å². The lowest BCUT2D eigenvalue weighted by molar-refractivity contribution is -0.384. The number of urea groups is 1. The molecule has 11 heteroatoms. The minimum atomic E-state index is -0.706. The molecular weight excluding hydrogens is 428 g/mol. The molecule has 0 aromatic heterocycles. The van der Waals surface area contributed by atoms with Gasteiger partial charge >= 0.3 is 12.0 Å². The average Bonchev–Trinajstić information content (AvgIpc) is 2.71. The molecule has 0 atom stereocenters. The zero-order chi connectivity index (χ0) is 23.0. The lowest BCUT2D eigenvalue weighted by Gasteiger charge is -2.10. The number of carbonyl (C=O) groups is 3. The first-order chi connectivity index (χ1) is 14.7. The van der Waals surface area contributed by atoms with Crippen molar-refractivity contribution in [2.45, 2.75) is 26.4 Å². The Labute approximate surface area is 183 Å². The number of nitro groups is 1. The second-order valence-electron chi connectivity index (χ2n) is 6.72. The van der Waals surface area contributed by atoms with Crippen molar-refractivity contribution in [3.8, 4) is 0 Å². The van der Waals surface area contributed by atoms with E-state index in [1.807, 2.05) is 13.8 Å². The summed E-state index contributed by atoms with van der Waals surface area (Å²) in [6.45, 7) is 3.42. The molecule has 0 saturated heterocycles. The van der Waals surface area contributed by atoms with E-state index in [-0.39, 0.29) is 40.6 Å². The minimum Gasteiger partial charge on any atom is -0.452 e. The van der Waals surface area contributed by atoms with Gasteiger partial charge in [-0.2, -0.15) is 0 Å². The number of nitrogens with zero attached hydrogens (tertiary/aromatic N) is 1. The molecule has 0 heterocycles. The highest BCUT2D eigenvalue weighted by molar-refractivity contribution is 6.34. The van der Waals surface area contributed by atoms with Crippen molar-refractivity contribution in [2.75, 3.05) is 11.9 Å². The van der Waals surface area contributed by atoms with Gasteiger partial charge in [0.25, 0.3) is 11.6 Å². The molecular formula is C20H21ClN4O6. The number of rotatable bonds is 8. The first-order valence-electron chi connectivity index (χ1n) is 9.20. The summed E-state index contributed by atoms with van der Waals surface area (Å²) in [5.41, 5.74) is 0.956. The van der Waals surface area contributed by atoms with Crippen LogP contribution >= 0.6 is 11.6 Å². The maximum absolute atomic E-state index is 12.1. The molecule has 2 rings (SSSR count). The number of ether oxygens (including phenoxy) is 1. The fourth-order valence-corrected chi connectivity index (χ4v) is 2.60. The van der Waals surface area contributed by atoms with Crippen LogP contribution in [0, 0.1) is 10.1 Å². The minimum absolute atomic E-state index is 0.0137. The summed E-state index contributed by atoms with van der Waals surface area (Å²) in [5, 5.41) is 18.5. The van der Waals surface area contributed by atoms with E-state index in [0.29, 0.717) is 0 Å². The van der Waals surface area contributed by atoms with Crippen LogP contribution in [0.5, 0.6) is 0 Å². The van der Waals surface area contributed by atoms with Gasteiger partial charge in [0.1, 0.15) is 0 Å². The zero-order valence-electron chi connectivity index (χ0n) is 16.8. The van der Waals surface area contributed by atoms with Gasteiger partial charge in [-0.15, -0.1) is 0 Å². The van der Waals surface area contributed by atoms with Crippen LogP contribution in [0.4, 0.5) is 16.2 Å². The normalized spacial score (nSPS) is 10.3. The van der Waals surface area contributed by atoms with Crippen molar-refractivity contribution in [1.29, 1.82) is 0 Å². The second-order valence-corrected chi connectivity index (χ2v) is 7.13. The quantitative estimate of drug-likeness (QED) is 0.321. The van der Waals surface area contributed by atoms with E-state index in [0.717, 1.165) is 11.6 Å². The van der Waals surface area contributed by atoms with Gasteiger partial charge in [0.2, 0.25) is 0 Å². The maximum Gasteiger partial charge on any atom is 0.338 e. The van der Waals surface area contributed by atoms with E-state index in [1.54, 1.807) is 12.1 Å². The largest absolute Gasteiger partial charge is 0.452 e. The van der Waals surface area contributed by atoms with E-state index in [9.17, 15) is 24.5 Å². The number of carbonyl (C=O) groups excluding carboxylic acids is 3. The number of benzene rings is 2. The summed E-state index contributed by atoms with van der Waals surface area (Å²) in [7, 11) is 0. The fourth-order valence-electron chi connectivity index (χ4n) is 2.37. The lowest BCUT2D eigenvalue weighted by atomic mass is 10.1. The molecule has 3 N–H and O–H groups in total. The van der Waals surface area contributed by atoms with Crippen LogP contribution in [0.2, 0.25) is 5.02 Å². The van der Waals surface area contributed by atoms with Crippen molar-refractivity contribution in [3.05, 3.63) is 68.7 Å². The number of anilines is 1. The number of esters is 1. The zero-order valence-corrected chi connectivity index (χ0v) is 17.6. The molecule has 0 saturated carbocycles. The Hall–Kier alpha value is -3.66. The molecule has 0 aliphatic heterocycles. The Kier molecular flexibility index (Phi) is 8.33. The van der Waals surface area contributed by atoms with Gasteiger partial charge in [-0.3, -0.25) is 14.9 Å². The van der Waals surface area contributed by atoms with Crippen LogP contribution in [-0.4, -0.2) is 35.5 Å². The molecule has 0 unspecified atom stereocenters. The van der Waals surface area contributed by atoms with Gasteiger partial charge < -0.3 is 20.7 Å². The Morgan fingerprint density at radius 2 is 1.81 bits per heavy atom. The summed E-state index contributed by atoms with van der Waals surface area (Å²) in [4.78, 5) is 45.7. The molecule has 0 aliphatic carbocycles. The predicted octanol–water partition coefficient (Wildman–Crippen LogP) is 3.25. The summed E-state index contributed by atoms with van der Waals surface area (Å²) >= 11 is 5.90. The number of non-ortho nitro benzene ring substituents is 1. The summed E-state index contributed by atoms with van der Waals surface area (Å²) in [6.07, 6.45) is 0. The highest BCUT2D eigenvalue weighted by Crippen LogP contribution is 2.26. The van der Waals surface area contributed by atoms with Gasteiger partial charge in [-0.1, -0.05) is 23.7 Å². The summed E-state index contributed by atoms with van der Waals surface area (Å²) < 4.78 is 4.96. The van der Waals surface area contributed by atoms with Crippen LogP contribution in [-0.2, 0) is 16.1 Å². The van der Waals surface area contributed by atoms with Crippen LogP contribution < -0.4 is 16.0 Å². The third-order valence-corrected chi connectivity index (χ3v) is 4.15. The number of nitrogens with one attached hydrogen (secondary N) is 3. The van der Waals surface area contributed by atoms with Gasteiger partial charge in [0.15, 0.2) is 6.61 Å². The smallest absolute Gasteiger partial charge is 0.338 e. The molecule has 2 aromatic rings. The van der Waals surface area contributed by atoms with Gasteiger partial charge in [-0.25, -0.2) is 9.59 Å². The number of nitro benzene ring substituents is 1. The Morgan fingerprint density at radius 3 is 2.39 bits per heavy atom. The standard InChI is InChI=1S/C20H21ClN4O6/c1-12(2)23-20(28)22-10-13-3-5-14(6-4-13)19(27)31-11-18(26)24-17-8-7-15(25(29)30)9-16(17)21/h3-9,12H,10-11H2,1-2H3,(H,24,26)(H2,22,23,28). The lowest BCUT2D eigenvalue weighted by Crippen LogP contribution is -2.39. The van der Waals surface area contributed by atoms with Gasteiger partial charge in [0, 0.05) is 24.7 Å². The molecule has 0 fully saturated rings. The van der Waals surface area contributed by atoms with Crippen LogP contribution in [0.25, 0.3) is 0 Å². The SMILES string of the molecule is CC(C)NC(=O)NCc1ccc(C(=O)OCC(=O)Nc2ccc([N+](=O)[O-])cc2Cl)cc1. The van der Waals surface area contributed by atoms with Crippen molar-refractivity contribution in [3.63, 3.8) is 0 Å². The molecule has 0 bridgehead atoms. The number of halogens is 1. The highest BCUT2D eigenvalue weighted by Gasteiger charge is 2.14. The maximum atomic E-state index is 12.1.